The second-order valence-electron chi connectivity index (χ2n) is 4.99. The lowest BCUT2D eigenvalue weighted by molar-refractivity contribution is 0.0534. The molecule has 1 rings (SSSR count). The van der Waals surface area contributed by atoms with Gasteiger partial charge in [0.25, 0.3) is 0 Å². The van der Waals surface area contributed by atoms with Crippen LogP contribution in [-0.4, -0.2) is 34.5 Å². The van der Waals surface area contributed by atoms with E-state index in [0.717, 1.165) is 0 Å². The molecule has 0 saturated heterocycles. The van der Waals surface area contributed by atoms with Gasteiger partial charge in [-0.25, -0.2) is 14.8 Å². The normalized spacial score (nSPS) is 11.7. The number of thioether (sulfide) groups is 1. The fourth-order valence-corrected chi connectivity index (χ4v) is 2.24. The van der Waals surface area contributed by atoms with E-state index >= 15 is 0 Å². The fourth-order valence-electron chi connectivity index (χ4n) is 1.26. The Hall–Kier alpha value is -0.980. The number of rotatable bonds is 4. The molecule has 0 unspecified atom stereocenters. The van der Waals surface area contributed by atoms with Crippen molar-refractivity contribution in [3.63, 3.8) is 0 Å². The van der Waals surface area contributed by atoms with Gasteiger partial charge >= 0.3 is 6.09 Å². The Bertz CT molecular complexity index is 522. The number of ether oxygens (including phenoxy) is 1. The lowest BCUT2D eigenvalue weighted by atomic mass is 10.2. The molecular weight excluding hydrogens is 333 g/mol. The summed E-state index contributed by atoms with van der Waals surface area (Å²) in [7, 11) is 0. The summed E-state index contributed by atoms with van der Waals surface area (Å²) in [6, 6.07) is 0. The van der Waals surface area contributed by atoms with Gasteiger partial charge in [0.1, 0.15) is 15.9 Å². The van der Waals surface area contributed by atoms with E-state index in [1.54, 1.807) is 32.9 Å². The minimum atomic E-state index is -0.526. The Morgan fingerprint density at radius 3 is 2.38 bits per heavy atom. The van der Waals surface area contributed by atoms with Gasteiger partial charge in [-0.1, -0.05) is 47.1 Å². The van der Waals surface area contributed by atoms with Crippen LogP contribution in [0.2, 0.25) is 10.3 Å². The Labute approximate surface area is 138 Å². The Balaban J connectivity index is 2.60. The first kappa shape index (κ1) is 18.1. The minimum Gasteiger partial charge on any atom is -0.444 e. The van der Waals surface area contributed by atoms with Crippen LogP contribution in [0.25, 0.3) is 6.08 Å². The number of nitrogens with one attached hydrogen (secondary N) is 1. The van der Waals surface area contributed by atoms with Crippen LogP contribution < -0.4 is 5.32 Å². The van der Waals surface area contributed by atoms with Crippen molar-refractivity contribution < 1.29 is 9.53 Å². The molecule has 8 heteroatoms. The van der Waals surface area contributed by atoms with Crippen molar-refractivity contribution >= 4 is 47.1 Å². The van der Waals surface area contributed by atoms with Gasteiger partial charge < -0.3 is 10.1 Å². The van der Waals surface area contributed by atoms with Crippen molar-refractivity contribution in [2.45, 2.75) is 31.5 Å². The number of amides is 1. The topological polar surface area (TPSA) is 64.1 Å². The zero-order valence-corrected chi connectivity index (χ0v) is 14.6. The highest BCUT2D eigenvalue weighted by Crippen LogP contribution is 2.25. The zero-order chi connectivity index (χ0) is 16.0. The van der Waals surface area contributed by atoms with E-state index in [2.05, 4.69) is 15.3 Å². The number of alkyl carbamates (subject to hydrolysis) is 1. The first-order chi connectivity index (χ1) is 9.73. The standard InChI is InChI=1S/C13H17Cl2N3O2S/c1-13(2,3)20-12(19)16-7-5-6-8-9(14)17-11(21-4)18-10(8)15/h5-6H,7H2,1-4H3,(H,16,19). The molecule has 0 radical (unpaired) electrons. The second-order valence-corrected chi connectivity index (χ2v) is 6.48. The van der Waals surface area contributed by atoms with Gasteiger partial charge in [-0.15, -0.1) is 0 Å². The summed E-state index contributed by atoms with van der Waals surface area (Å²) in [5.41, 5.74) is -0.0100. The largest absolute Gasteiger partial charge is 0.444 e. The maximum Gasteiger partial charge on any atom is 0.407 e. The van der Waals surface area contributed by atoms with E-state index in [4.69, 9.17) is 27.9 Å². The highest BCUT2D eigenvalue weighted by atomic mass is 35.5. The summed E-state index contributed by atoms with van der Waals surface area (Å²) in [5.74, 6) is 0. The predicted octanol–water partition coefficient (Wildman–Crippen LogP) is 4.04. The average molecular weight is 350 g/mol. The number of nitrogens with zero attached hydrogens (tertiary/aromatic N) is 2. The highest BCUT2D eigenvalue weighted by Gasteiger charge is 2.15. The monoisotopic (exact) mass is 349 g/mol. The number of hydrogen-bond acceptors (Lipinski definition) is 5. The molecule has 116 valence electrons. The van der Waals surface area contributed by atoms with E-state index in [1.165, 1.54) is 11.8 Å². The van der Waals surface area contributed by atoms with Crippen LogP contribution in [0.5, 0.6) is 0 Å². The second kappa shape index (κ2) is 7.87. The molecule has 0 atom stereocenters. The Kier molecular flexibility index (Phi) is 6.77. The lowest BCUT2D eigenvalue weighted by Gasteiger charge is -2.19. The highest BCUT2D eigenvalue weighted by molar-refractivity contribution is 7.98. The Morgan fingerprint density at radius 1 is 1.33 bits per heavy atom. The number of halogens is 2. The molecule has 0 fully saturated rings. The molecule has 0 aromatic carbocycles. The van der Waals surface area contributed by atoms with Crippen molar-refractivity contribution in [3.8, 4) is 0 Å². The summed E-state index contributed by atoms with van der Waals surface area (Å²) in [5, 5.41) is 3.64. The minimum absolute atomic E-state index is 0.271. The van der Waals surface area contributed by atoms with E-state index in [0.29, 0.717) is 10.7 Å². The number of carbonyl (C=O) groups excluding carboxylic acids is 1. The van der Waals surface area contributed by atoms with E-state index in [9.17, 15) is 4.79 Å². The fraction of sp³-hybridized carbons (Fsp3) is 0.462. The molecule has 5 nitrogen and oxygen atoms in total. The van der Waals surface area contributed by atoms with Crippen LogP contribution in [-0.2, 0) is 4.74 Å². The Morgan fingerprint density at radius 2 is 1.90 bits per heavy atom. The van der Waals surface area contributed by atoms with Crippen LogP contribution in [0.15, 0.2) is 11.2 Å². The van der Waals surface area contributed by atoms with Gasteiger partial charge in [0.15, 0.2) is 5.16 Å². The van der Waals surface area contributed by atoms with Gasteiger partial charge in [-0.3, -0.25) is 0 Å². The third kappa shape index (κ3) is 6.54. The smallest absolute Gasteiger partial charge is 0.407 e. The van der Waals surface area contributed by atoms with Gasteiger partial charge in [-0.2, -0.15) is 0 Å². The van der Waals surface area contributed by atoms with Gasteiger partial charge in [0, 0.05) is 12.1 Å². The maximum atomic E-state index is 11.4. The first-order valence-electron chi connectivity index (χ1n) is 6.13. The van der Waals surface area contributed by atoms with Crippen molar-refractivity contribution in [3.05, 3.63) is 21.9 Å². The van der Waals surface area contributed by atoms with E-state index < -0.39 is 11.7 Å². The third-order valence-electron chi connectivity index (χ3n) is 2.06. The summed E-state index contributed by atoms with van der Waals surface area (Å²) < 4.78 is 5.10. The summed E-state index contributed by atoms with van der Waals surface area (Å²) in [6.45, 7) is 5.68. The lowest BCUT2D eigenvalue weighted by Crippen LogP contribution is -2.32. The zero-order valence-electron chi connectivity index (χ0n) is 12.2. The van der Waals surface area contributed by atoms with Crippen molar-refractivity contribution in [2.75, 3.05) is 12.8 Å². The summed E-state index contributed by atoms with van der Waals surface area (Å²) >= 11 is 13.4. The van der Waals surface area contributed by atoms with Crippen LogP contribution in [0.3, 0.4) is 0 Å². The molecule has 0 bridgehead atoms. The van der Waals surface area contributed by atoms with E-state index in [1.807, 2.05) is 6.26 Å². The SMILES string of the molecule is CSc1nc(Cl)c(C=CCNC(=O)OC(C)(C)C)c(Cl)n1. The molecule has 1 N–H and O–H groups in total. The molecule has 1 amide bonds. The molecule has 0 spiro atoms. The van der Waals surface area contributed by atoms with Crippen molar-refractivity contribution in [1.82, 2.24) is 15.3 Å². The molecule has 21 heavy (non-hydrogen) atoms. The first-order valence-corrected chi connectivity index (χ1v) is 8.11. The molecule has 0 aliphatic carbocycles. The third-order valence-corrected chi connectivity index (χ3v) is 3.19. The van der Waals surface area contributed by atoms with Gasteiger partial charge in [0.05, 0.1) is 0 Å². The number of aromatic nitrogens is 2. The predicted molar refractivity (Wildman–Crippen MR) is 87.1 cm³/mol. The van der Waals surface area contributed by atoms with Crippen molar-refractivity contribution in [2.24, 2.45) is 0 Å². The van der Waals surface area contributed by atoms with Crippen LogP contribution >= 0.6 is 35.0 Å². The molecular formula is C13H17Cl2N3O2S. The van der Waals surface area contributed by atoms with Gasteiger partial charge in [0.2, 0.25) is 0 Å². The molecule has 0 aliphatic heterocycles. The summed E-state index contributed by atoms with van der Waals surface area (Å²) in [4.78, 5) is 19.6. The van der Waals surface area contributed by atoms with Gasteiger partial charge in [-0.05, 0) is 27.0 Å². The molecule has 1 aromatic heterocycles. The molecule has 0 aliphatic rings. The maximum absolute atomic E-state index is 11.4. The number of carbonyl (C=O) groups is 1. The quantitative estimate of drug-likeness (QED) is 0.504. The van der Waals surface area contributed by atoms with Crippen molar-refractivity contribution in [1.29, 1.82) is 0 Å². The molecule has 1 heterocycles. The average Bonchev–Trinajstić information content (AvgIpc) is 2.34. The van der Waals surface area contributed by atoms with E-state index in [-0.39, 0.29) is 16.9 Å². The van der Waals surface area contributed by atoms with Crippen LogP contribution in [0.1, 0.15) is 26.3 Å². The molecule has 1 aromatic rings. The molecule has 0 saturated carbocycles. The summed E-state index contributed by atoms with van der Waals surface area (Å²) in [6.07, 6.45) is 4.70. The van der Waals surface area contributed by atoms with Crippen LogP contribution in [0, 0.1) is 0 Å². The van der Waals surface area contributed by atoms with Crippen LogP contribution in [0.4, 0.5) is 4.79 Å². The number of hydrogen-bond donors (Lipinski definition) is 1.